The van der Waals surface area contributed by atoms with E-state index in [1.165, 1.54) is 4.31 Å². The van der Waals surface area contributed by atoms with Gasteiger partial charge in [-0.3, -0.25) is 0 Å². The van der Waals surface area contributed by atoms with Gasteiger partial charge in [0.15, 0.2) is 0 Å². The molecule has 118 valence electrons. The molecular weight excluding hydrogens is 309 g/mol. The van der Waals surface area contributed by atoms with Crippen LogP contribution >= 0.6 is 0 Å². The SMILES string of the molecule is NC1CCN(S(=O)(=O)c2ccc(OC(F)(F)F)cc2)CC1. The molecule has 2 N–H and O–H groups in total. The third kappa shape index (κ3) is 4.08. The Hall–Kier alpha value is -1.32. The van der Waals surface area contributed by atoms with Gasteiger partial charge < -0.3 is 10.5 Å². The minimum atomic E-state index is -4.80. The zero-order valence-corrected chi connectivity index (χ0v) is 11.8. The first-order valence-electron chi connectivity index (χ1n) is 6.30. The summed E-state index contributed by atoms with van der Waals surface area (Å²) in [6.07, 6.45) is -3.67. The van der Waals surface area contributed by atoms with Crippen molar-refractivity contribution in [2.75, 3.05) is 13.1 Å². The summed E-state index contributed by atoms with van der Waals surface area (Å²) in [5, 5.41) is 0. The van der Waals surface area contributed by atoms with E-state index >= 15 is 0 Å². The summed E-state index contributed by atoms with van der Waals surface area (Å²) in [5.41, 5.74) is 5.71. The molecule has 0 saturated carbocycles. The lowest BCUT2D eigenvalue weighted by atomic mass is 10.1. The van der Waals surface area contributed by atoms with Crippen molar-refractivity contribution in [1.82, 2.24) is 4.31 Å². The van der Waals surface area contributed by atoms with E-state index in [1.807, 2.05) is 0 Å². The maximum atomic E-state index is 12.3. The van der Waals surface area contributed by atoms with Crippen molar-refractivity contribution in [2.45, 2.75) is 30.1 Å². The number of ether oxygens (including phenoxy) is 1. The molecule has 0 unspecified atom stereocenters. The molecule has 1 saturated heterocycles. The third-order valence-corrected chi connectivity index (χ3v) is 5.11. The Morgan fingerprint density at radius 3 is 2.14 bits per heavy atom. The molecule has 0 bridgehead atoms. The molecule has 0 aromatic heterocycles. The quantitative estimate of drug-likeness (QED) is 0.918. The highest BCUT2D eigenvalue weighted by molar-refractivity contribution is 7.89. The summed E-state index contributed by atoms with van der Waals surface area (Å²) in [6, 6.07) is 4.15. The van der Waals surface area contributed by atoms with E-state index < -0.39 is 22.1 Å². The molecular formula is C12H15F3N2O3S. The molecule has 1 aliphatic rings. The molecule has 1 aromatic carbocycles. The molecule has 0 spiro atoms. The van der Waals surface area contributed by atoms with Crippen molar-refractivity contribution in [3.05, 3.63) is 24.3 Å². The van der Waals surface area contributed by atoms with Crippen molar-refractivity contribution >= 4 is 10.0 Å². The van der Waals surface area contributed by atoms with Crippen LogP contribution in [0.15, 0.2) is 29.2 Å². The van der Waals surface area contributed by atoms with Gasteiger partial charge in [0.05, 0.1) is 4.90 Å². The van der Waals surface area contributed by atoms with E-state index in [4.69, 9.17) is 5.73 Å². The predicted molar refractivity (Wildman–Crippen MR) is 69.1 cm³/mol. The molecule has 21 heavy (non-hydrogen) atoms. The molecule has 1 aliphatic heterocycles. The van der Waals surface area contributed by atoms with Crippen molar-refractivity contribution in [1.29, 1.82) is 0 Å². The summed E-state index contributed by atoms with van der Waals surface area (Å²) < 4.78 is 65.7. The second kappa shape index (κ2) is 5.82. The lowest BCUT2D eigenvalue weighted by Gasteiger charge is -2.29. The maximum absolute atomic E-state index is 12.3. The number of halogens is 3. The van der Waals surface area contributed by atoms with Crippen LogP contribution in [0.1, 0.15) is 12.8 Å². The number of rotatable bonds is 3. The molecule has 2 rings (SSSR count). The van der Waals surface area contributed by atoms with Gasteiger partial charge in [-0.15, -0.1) is 13.2 Å². The Labute approximate surface area is 120 Å². The topological polar surface area (TPSA) is 72.6 Å². The van der Waals surface area contributed by atoms with Gasteiger partial charge in [-0.25, -0.2) is 8.42 Å². The third-order valence-electron chi connectivity index (χ3n) is 3.19. The van der Waals surface area contributed by atoms with Gasteiger partial charge in [0, 0.05) is 19.1 Å². The molecule has 0 atom stereocenters. The summed E-state index contributed by atoms with van der Waals surface area (Å²) in [4.78, 5) is -0.0625. The van der Waals surface area contributed by atoms with Gasteiger partial charge in [-0.05, 0) is 37.1 Å². The van der Waals surface area contributed by atoms with Crippen LogP contribution in [0, 0.1) is 0 Å². The van der Waals surface area contributed by atoms with Crippen LogP contribution in [-0.4, -0.2) is 38.2 Å². The normalized spacial score (nSPS) is 18.7. The molecule has 5 nitrogen and oxygen atoms in total. The highest BCUT2D eigenvalue weighted by Crippen LogP contribution is 2.26. The minimum Gasteiger partial charge on any atom is -0.406 e. The Kier molecular flexibility index (Phi) is 4.45. The highest BCUT2D eigenvalue weighted by Gasteiger charge is 2.32. The van der Waals surface area contributed by atoms with E-state index in [1.54, 1.807) is 0 Å². The first-order valence-corrected chi connectivity index (χ1v) is 7.74. The Morgan fingerprint density at radius 2 is 1.67 bits per heavy atom. The van der Waals surface area contributed by atoms with Gasteiger partial charge in [0.2, 0.25) is 10.0 Å². The number of benzene rings is 1. The van der Waals surface area contributed by atoms with E-state index in [2.05, 4.69) is 4.74 Å². The maximum Gasteiger partial charge on any atom is 0.573 e. The molecule has 1 heterocycles. The van der Waals surface area contributed by atoms with Crippen molar-refractivity contribution in [2.24, 2.45) is 5.73 Å². The number of piperidine rings is 1. The van der Waals surface area contributed by atoms with Crippen LogP contribution < -0.4 is 10.5 Å². The fourth-order valence-corrected chi connectivity index (χ4v) is 3.55. The monoisotopic (exact) mass is 324 g/mol. The van der Waals surface area contributed by atoms with Gasteiger partial charge >= 0.3 is 6.36 Å². The average Bonchev–Trinajstić information content (AvgIpc) is 2.38. The van der Waals surface area contributed by atoms with E-state index in [0.717, 1.165) is 24.3 Å². The van der Waals surface area contributed by atoms with Crippen molar-refractivity contribution < 1.29 is 26.3 Å². The van der Waals surface area contributed by atoms with Crippen LogP contribution in [0.25, 0.3) is 0 Å². The summed E-state index contributed by atoms with van der Waals surface area (Å²) >= 11 is 0. The smallest absolute Gasteiger partial charge is 0.406 e. The number of hydrogen-bond donors (Lipinski definition) is 1. The number of nitrogens with two attached hydrogens (primary N) is 1. The van der Waals surface area contributed by atoms with E-state index in [9.17, 15) is 21.6 Å². The van der Waals surface area contributed by atoms with Crippen LogP contribution in [-0.2, 0) is 10.0 Å². The molecule has 1 aromatic rings. The van der Waals surface area contributed by atoms with Gasteiger partial charge in [0.1, 0.15) is 5.75 Å². The van der Waals surface area contributed by atoms with Crippen LogP contribution in [0.3, 0.4) is 0 Å². The highest BCUT2D eigenvalue weighted by atomic mass is 32.2. The van der Waals surface area contributed by atoms with Crippen molar-refractivity contribution in [3.63, 3.8) is 0 Å². The Bertz CT molecular complexity index is 579. The second-order valence-corrected chi connectivity index (χ2v) is 6.70. The predicted octanol–water partition coefficient (Wildman–Crippen LogP) is 1.70. The molecule has 0 amide bonds. The van der Waals surface area contributed by atoms with Crippen LogP contribution in [0.4, 0.5) is 13.2 Å². The summed E-state index contributed by atoms with van der Waals surface area (Å²) in [5.74, 6) is -0.456. The van der Waals surface area contributed by atoms with E-state index in [0.29, 0.717) is 25.9 Å². The Balaban J connectivity index is 2.14. The molecule has 0 radical (unpaired) electrons. The van der Waals surface area contributed by atoms with Crippen molar-refractivity contribution in [3.8, 4) is 5.75 Å². The first kappa shape index (κ1) is 16.1. The van der Waals surface area contributed by atoms with Crippen LogP contribution in [0.5, 0.6) is 5.75 Å². The molecule has 0 aliphatic carbocycles. The lowest BCUT2D eigenvalue weighted by molar-refractivity contribution is -0.274. The standard InChI is InChI=1S/C12H15F3N2O3S/c13-12(14,15)20-10-1-3-11(4-2-10)21(18,19)17-7-5-9(16)6-8-17/h1-4,9H,5-8,16H2. The fourth-order valence-electron chi connectivity index (χ4n) is 2.08. The van der Waals surface area contributed by atoms with Crippen LogP contribution in [0.2, 0.25) is 0 Å². The zero-order valence-electron chi connectivity index (χ0n) is 11.0. The minimum absolute atomic E-state index is 0.0148. The first-order chi connectivity index (χ1) is 9.68. The van der Waals surface area contributed by atoms with Gasteiger partial charge in [-0.1, -0.05) is 0 Å². The largest absolute Gasteiger partial charge is 0.573 e. The Morgan fingerprint density at radius 1 is 1.14 bits per heavy atom. The van der Waals surface area contributed by atoms with Gasteiger partial charge in [0.25, 0.3) is 0 Å². The number of sulfonamides is 1. The number of nitrogens with zero attached hydrogens (tertiary/aromatic N) is 1. The zero-order chi connectivity index (χ0) is 15.7. The molecule has 9 heteroatoms. The number of alkyl halides is 3. The fraction of sp³-hybridized carbons (Fsp3) is 0.500. The lowest BCUT2D eigenvalue weighted by Crippen LogP contribution is -2.42. The summed E-state index contributed by atoms with van der Waals surface area (Å²) in [6.45, 7) is 0.620. The van der Waals surface area contributed by atoms with E-state index in [-0.39, 0.29) is 10.9 Å². The molecule has 1 fully saturated rings. The number of hydrogen-bond acceptors (Lipinski definition) is 4. The average molecular weight is 324 g/mol. The second-order valence-electron chi connectivity index (χ2n) is 4.76. The van der Waals surface area contributed by atoms with Gasteiger partial charge in [-0.2, -0.15) is 4.31 Å². The summed E-state index contributed by atoms with van der Waals surface area (Å²) in [7, 11) is -3.70.